The first-order valence-corrected chi connectivity index (χ1v) is 7.76. The normalized spacial score (nSPS) is 23.1. The predicted octanol–water partition coefficient (Wildman–Crippen LogP) is 3.87. The maximum absolute atomic E-state index is 3.48. The molecule has 19 heavy (non-hydrogen) atoms. The minimum atomic E-state index is 0.674. The summed E-state index contributed by atoms with van der Waals surface area (Å²) in [6.07, 6.45) is 3.91. The number of aryl methyl sites for hydroxylation is 1. The molecule has 0 saturated carbocycles. The van der Waals surface area contributed by atoms with Gasteiger partial charge in [-0.1, -0.05) is 31.5 Å². The molecule has 2 rings (SSSR count). The van der Waals surface area contributed by atoms with E-state index in [9.17, 15) is 0 Å². The summed E-state index contributed by atoms with van der Waals surface area (Å²) in [5.74, 6) is 0. The lowest BCUT2D eigenvalue weighted by molar-refractivity contribution is 0.621. The van der Waals surface area contributed by atoms with Gasteiger partial charge in [-0.3, -0.25) is 0 Å². The van der Waals surface area contributed by atoms with Gasteiger partial charge in [-0.25, -0.2) is 0 Å². The molecule has 1 aliphatic heterocycles. The molecule has 2 atom stereocenters. The molecule has 1 aromatic rings. The van der Waals surface area contributed by atoms with E-state index >= 15 is 0 Å². The Hall–Kier alpha value is -1.02. The topological polar surface area (TPSA) is 15.3 Å². The van der Waals surface area contributed by atoms with Crippen molar-refractivity contribution in [3.8, 4) is 0 Å². The average molecular weight is 260 g/mol. The Morgan fingerprint density at radius 3 is 2.74 bits per heavy atom. The van der Waals surface area contributed by atoms with Gasteiger partial charge in [0, 0.05) is 24.3 Å². The molecule has 1 N–H and O–H groups in total. The largest absolute Gasteiger partial charge is 0.366 e. The molecule has 1 heterocycles. The van der Waals surface area contributed by atoms with Crippen molar-refractivity contribution in [2.45, 2.75) is 65.6 Å². The SMILES string of the molecule is CCNCc1cc(C)ccc1N1C(C)CCC1CC. The van der Waals surface area contributed by atoms with Gasteiger partial charge in [-0.15, -0.1) is 0 Å². The van der Waals surface area contributed by atoms with Crippen molar-refractivity contribution >= 4 is 5.69 Å². The van der Waals surface area contributed by atoms with Crippen molar-refractivity contribution in [1.29, 1.82) is 0 Å². The van der Waals surface area contributed by atoms with E-state index in [1.54, 1.807) is 0 Å². The molecule has 106 valence electrons. The second-order valence-electron chi connectivity index (χ2n) is 5.81. The molecular weight excluding hydrogens is 232 g/mol. The van der Waals surface area contributed by atoms with Crippen LogP contribution >= 0.6 is 0 Å². The van der Waals surface area contributed by atoms with Crippen molar-refractivity contribution < 1.29 is 0 Å². The van der Waals surface area contributed by atoms with Crippen LogP contribution in [0.3, 0.4) is 0 Å². The Morgan fingerprint density at radius 2 is 2.05 bits per heavy atom. The van der Waals surface area contributed by atoms with Gasteiger partial charge >= 0.3 is 0 Å². The Kier molecular flexibility index (Phi) is 4.87. The van der Waals surface area contributed by atoms with Gasteiger partial charge in [0.15, 0.2) is 0 Å². The predicted molar refractivity (Wildman–Crippen MR) is 83.8 cm³/mol. The van der Waals surface area contributed by atoms with Crippen LogP contribution in [0, 0.1) is 6.92 Å². The number of rotatable bonds is 5. The van der Waals surface area contributed by atoms with E-state index in [0.717, 1.165) is 19.1 Å². The van der Waals surface area contributed by atoms with Gasteiger partial charge in [0.1, 0.15) is 0 Å². The third-order valence-electron chi connectivity index (χ3n) is 4.34. The fraction of sp³-hybridized carbons (Fsp3) is 0.647. The van der Waals surface area contributed by atoms with Crippen LogP contribution in [-0.4, -0.2) is 18.6 Å². The van der Waals surface area contributed by atoms with Gasteiger partial charge in [0.25, 0.3) is 0 Å². The second kappa shape index (κ2) is 6.42. The van der Waals surface area contributed by atoms with Crippen LogP contribution < -0.4 is 10.2 Å². The second-order valence-corrected chi connectivity index (χ2v) is 5.81. The highest BCUT2D eigenvalue weighted by Gasteiger charge is 2.30. The highest BCUT2D eigenvalue weighted by Crippen LogP contribution is 2.34. The first-order chi connectivity index (χ1) is 9.17. The molecule has 2 nitrogen and oxygen atoms in total. The van der Waals surface area contributed by atoms with Crippen LogP contribution in [0.1, 0.15) is 51.2 Å². The molecule has 1 aromatic carbocycles. The zero-order valence-electron chi connectivity index (χ0n) is 12.9. The van der Waals surface area contributed by atoms with Gasteiger partial charge in [-0.05, 0) is 51.3 Å². The summed E-state index contributed by atoms with van der Waals surface area (Å²) in [5.41, 5.74) is 4.26. The molecular formula is C17H28N2. The third-order valence-corrected chi connectivity index (χ3v) is 4.34. The molecule has 2 unspecified atom stereocenters. The number of anilines is 1. The van der Waals surface area contributed by atoms with E-state index in [4.69, 9.17) is 0 Å². The Bertz CT molecular complexity index is 414. The molecule has 0 bridgehead atoms. The maximum Gasteiger partial charge on any atom is 0.0416 e. The number of hydrogen-bond donors (Lipinski definition) is 1. The molecule has 1 saturated heterocycles. The molecule has 2 heteroatoms. The van der Waals surface area contributed by atoms with Crippen molar-refractivity contribution in [3.63, 3.8) is 0 Å². The van der Waals surface area contributed by atoms with Crippen molar-refractivity contribution in [2.24, 2.45) is 0 Å². The lowest BCUT2D eigenvalue weighted by atomic mass is 10.1. The van der Waals surface area contributed by atoms with Crippen LogP contribution in [0.4, 0.5) is 5.69 Å². The van der Waals surface area contributed by atoms with Gasteiger partial charge in [0.2, 0.25) is 0 Å². The van der Waals surface area contributed by atoms with Gasteiger partial charge < -0.3 is 10.2 Å². The van der Waals surface area contributed by atoms with Crippen molar-refractivity contribution in [1.82, 2.24) is 5.32 Å². The fourth-order valence-electron chi connectivity index (χ4n) is 3.27. The minimum absolute atomic E-state index is 0.674. The van der Waals surface area contributed by atoms with E-state index in [1.807, 2.05) is 0 Å². The molecule has 0 aliphatic carbocycles. The van der Waals surface area contributed by atoms with E-state index in [0.29, 0.717) is 6.04 Å². The Balaban J connectivity index is 2.31. The molecule has 1 fully saturated rings. The minimum Gasteiger partial charge on any atom is -0.366 e. The average Bonchev–Trinajstić information content (AvgIpc) is 2.77. The van der Waals surface area contributed by atoms with Crippen molar-refractivity contribution in [2.75, 3.05) is 11.4 Å². The van der Waals surface area contributed by atoms with Crippen molar-refractivity contribution in [3.05, 3.63) is 29.3 Å². The quantitative estimate of drug-likeness (QED) is 0.864. The summed E-state index contributed by atoms with van der Waals surface area (Å²) in [5, 5.41) is 3.48. The van der Waals surface area contributed by atoms with Gasteiger partial charge in [0.05, 0.1) is 0 Å². The maximum atomic E-state index is 3.48. The monoisotopic (exact) mass is 260 g/mol. The van der Waals surface area contributed by atoms with Crippen LogP contribution in [-0.2, 0) is 6.54 Å². The molecule has 0 spiro atoms. The first-order valence-electron chi connectivity index (χ1n) is 7.76. The number of nitrogens with one attached hydrogen (secondary N) is 1. The van der Waals surface area contributed by atoms with Crippen LogP contribution in [0.25, 0.3) is 0 Å². The Morgan fingerprint density at radius 1 is 1.26 bits per heavy atom. The lowest BCUT2D eigenvalue weighted by Crippen LogP contribution is -2.35. The zero-order chi connectivity index (χ0) is 13.8. The van der Waals surface area contributed by atoms with Crippen LogP contribution in [0.2, 0.25) is 0 Å². The lowest BCUT2D eigenvalue weighted by Gasteiger charge is -2.32. The summed E-state index contributed by atoms with van der Waals surface area (Å²) in [6, 6.07) is 8.32. The molecule has 0 amide bonds. The Labute approximate surface area is 118 Å². The first kappa shape index (κ1) is 14.4. The summed E-state index contributed by atoms with van der Waals surface area (Å²) in [6.45, 7) is 11.0. The summed E-state index contributed by atoms with van der Waals surface area (Å²) >= 11 is 0. The van der Waals surface area contributed by atoms with E-state index < -0.39 is 0 Å². The number of hydrogen-bond acceptors (Lipinski definition) is 2. The van der Waals surface area contributed by atoms with E-state index in [2.05, 4.69) is 56.1 Å². The third kappa shape index (κ3) is 3.11. The zero-order valence-corrected chi connectivity index (χ0v) is 12.9. The van der Waals surface area contributed by atoms with E-state index in [1.165, 1.54) is 36.1 Å². The smallest absolute Gasteiger partial charge is 0.0416 e. The van der Waals surface area contributed by atoms with Crippen LogP contribution in [0.15, 0.2) is 18.2 Å². The fourth-order valence-corrected chi connectivity index (χ4v) is 3.27. The standard InChI is InChI=1S/C17H28N2/c1-5-16-9-8-14(4)19(16)17-10-7-13(3)11-15(17)12-18-6-2/h7,10-11,14,16,18H,5-6,8-9,12H2,1-4H3. The highest BCUT2D eigenvalue weighted by atomic mass is 15.2. The highest BCUT2D eigenvalue weighted by molar-refractivity contribution is 5.57. The summed E-state index contributed by atoms with van der Waals surface area (Å²) < 4.78 is 0. The number of benzene rings is 1. The van der Waals surface area contributed by atoms with E-state index in [-0.39, 0.29) is 0 Å². The molecule has 1 aliphatic rings. The number of nitrogens with zero attached hydrogens (tertiary/aromatic N) is 1. The molecule has 0 aromatic heterocycles. The van der Waals surface area contributed by atoms with Gasteiger partial charge in [-0.2, -0.15) is 0 Å². The summed E-state index contributed by atoms with van der Waals surface area (Å²) in [7, 11) is 0. The molecule has 0 radical (unpaired) electrons. The van der Waals surface area contributed by atoms with Crippen LogP contribution in [0.5, 0.6) is 0 Å². The summed E-state index contributed by atoms with van der Waals surface area (Å²) in [4.78, 5) is 2.66.